The van der Waals surface area contributed by atoms with Crippen LogP contribution in [0.5, 0.6) is 0 Å². The number of anilines is 1. The fourth-order valence-corrected chi connectivity index (χ4v) is 3.17. The van der Waals surface area contributed by atoms with Crippen LogP contribution in [0.2, 0.25) is 0 Å². The molecule has 0 aliphatic heterocycles. The van der Waals surface area contributed by atoms with Gasteiger partial charge in [0.2, 0.25) is 5.91 Å². The number of benzene rings is 1. The second kappa shape index (κ2) is 8.18. The molecule has 1 amide bonds. The summed E-state index contributed by atoms with van der Waals surface area (Å²) in [6.07, 6.45) is 5.93. The molecule has 4 nitrogen and oxygen atoms in total. The number of hydrogen-bond acceptors (Lipinski definition) is 3. The van der Waals surface area contributed by atoms with E-state index in [0.29, 0.717) is 6.54 Å². The van der Waals surface area contributed by atoms with Gasteiger partial charge in [-0.05, 0) is 38.3 Å². The van der Waals surface area contributed by atoms with Crippen LogP contribution < -0.4 is 16.0 Å². The molecule has 1 saturated carbocycles. The highest BCUT2D eigenvalue weighted by Gasteiger charge is 2.34. The Balaban J connectivity index is 1.73. The average molecular weight is 303 g/mol. The van der Waals surface area contributed by atoms with E-state index in [9.17, 15) is 4.79 Å². The van der Waals surface area contributed by atoms with Crippen molar-refractivity contribution in [3.63, 3.8) is 0 Å². The summed E-state index contributed by atoms with van der Waals surface area (Å²) in [5, 5.41) is 3.03. The van der Waals surface area contributed by atoms with Gasteiger partial charge in [-0.1, -0.05) is 37.5 Å². The Kier molecular flexibility index (Phi) is 6.25. The van der Waals surface area contributed by atoms with Gasteiger partial charge in [-0.25, -0.2) is 0 Å². The summed E-state index contributed by atoms with van der Waals surface area (Å²) in [4.78, 5) is 14.6. The fourth-order valence-electron chi connectivity index (χ4n) is 3.17. The number of carbonyl (C=O) groups is 1. The van der Waals surface area contributed by atoms with Gasteiger partial charge in [0, 0.05) is 25.3 Å². The van der Waals surface area contributed by atoms with Crippen LogP contribution in [0.1, 0.15) is 45.4 Å². The number of nitrogens with one attached hydrogen (secondary N) is 1. The van der Waals surface area contributed by atoms with Gasteiger partial charge in [0.15, 0.2) is 0 Å². The maximum Gasteiger partial charge on any atom is 0.240 e. The monoisotopic (exact) mass is 303 g/mol. The Morgan fingerprint density at radius 2 is 1.91 bits per heavy atom. The predicted octanol–water partition coefficient (Wildman–Crippen LogP) is 2.68. The Labute approximate surface area is 134 Å². The van der Waals surface area contributed by atoms with E-state index >= 15 is 0 Å². The fraction of sp³-hybridized carbons (Fsp3) is 0.611. The van der Waals surface area contributed by atoms with Crippen LogP contribution in [0.4, 0.5) is 5.69 Å². The van der Waals surface area contributed by atoms with E-state index in [1.165, 1.54) is 12.1 Å². The summed E-state index contributed by atoms with van der Waals surface area (Å²) in [5.74, 6) is 0.0370. The van der Waals surface area contributed by atoms with Crippen molar-refractivity contribution in [1.82, 2.24) is 5.32 Å². The van der Waals surface area contributed by atoms with Gasteiger partial charge in [-0.15, -0.1) is 0 Å². The number of nitrogens with two attached hydrogens (primary N) is 1. The van der Waals surface area contributed by atoms with Gasteiger partial charge in [-0.3, -0.25) is 4.79 Å². The summed E-state index contributed by atoms with van der Waals surface area (Å²) in [6.45, 7) is 4.76. The lowest BCUT2D eigenvalue weighted by Crippen LogP contribution is -2.55. The first-order chi connectivity index (χ1) is 10.7. The summed E-state index contributed by atoms with van der Waals surface area (Å²) in [5.41, 5.74) is 6.85. The van der Waals surface area contributed by atoms with Crippen molar-refractivity contribution in [2.75, 3.05) is 24.5 Å². The van der Waals surface area contributed by atoms with E-state index < -0.39 is 5.54 Å². The third-order valence-electron chi connectivity index (χ3n) is 4.59. The van der Waals surface area contributed by atoms with Crippen molar-refractivity contribution in [3.05, 3.63) is 30.3 Å². The third kappa shape index (κ3) is 4.47. The minimum absolute atomic E-state index is 0.0370. The molecule has 0 saturated heterocycles. The van der Waals surface area contributed by atoms with Crippen molar-refractivity contribution in [2.24, 2.45) is 5.73 Å². The first kappa shape index (κ1) is 16.8. The van der Waals surface area contributed by atoms with Gasteiger partial charge >= 0.3 is 0 Å². The predicted molar refractivity (Wildman–Crippen MR) is 92.0 cm³/mol. The largest absolute Gasteiger partial charge is 0.372 e. The number of rotatable bonds is 7. The molecule has 22 heavy (non-hydrogen) atoms. The molecule has 1 fully saturated rings. The average Bonchev–Trinajstić information content (AvgIpc) is 2.56. The zero-order valence-electron chi connectivity index (χ0n) is 13.7. The first-order valence-corrected chi connectivity index (χ1v) is 8.53. The summed E-state index contributed by atoms with van der Waals surface area (Å²) < 4.78 is 0. The smallest absolute Gasteiger partial charge is 0.240 e. The van der Waals surface area contributed by atoms with Gasteiger partial charge in [0.25, 0.3) is 0 Å². The summed E-state index contributed by atoms with van der Waals surface area (Å²) in [6, 6.07) is 10.4. The Hall–Kier alpha value is -1.55. The van der Waals surface area contributed by atoms with Crippen molar-refractivity contribution in [2.45, 2.75) is 51.0 Å². The quantitative estimate of drug-likeness (QED) is 0.761. The van der Waals surface area contributed by atoms with E-state index in [1.54, 1.807) is 0 Å². The molecule has 1 aliphatic carbocycles. The van der Waals surface area contributed by atoms with Crippen molar-refractivity contribution >= 4 is 11.6 Å². The van der Waals surface area contributed by atoms with Crippen molar-refractivity contribution in [3.8, 4) is 0 Å². The van der Waals surface area contributed by atoms with Gasteiger partial charge < -0.3 is 16.0 Å². The first-order valence-electron chi connectivity index (χ1n) is 8.53. The SMILES string of the molecule is CCN(CCCNC(=O)C1(N)CCCCC1)c1ccccc1. The molecule has 0 unspecified atom stereocenters. The molecule has 2 rings (SSSR count). The van der Waals surface area contributed by atoms with E-state index in [0.717, 1.165) is 45.2 Å². The molecule has 0 spiro atoms. The zero-order chi connectivity index (χ0) is 15.8. The van der Waals surface area contributed by atoms with Crippen LogP contribution in [-0.4, -0.2) is 31.1 Å². The summed E-state index contributed by atoms with van der Waals surface area (Å²) in [7, 11) is 0. The Morgan fingerprint density at radius 3 is 2.55 bits per heavy atom. The molecule has 0 radical (unpaired) electrons. The molecule has 0 bridgehead atoms. The van der Waals surface area contributed by atoms with Crippen LogP contribution in [-0.2, 0) is 4.79 Å². The number of para-hydroxylation sites is 1. The third-order valence-corrected chi connectivity index (χ3v) is 4.59. The Bertz CT molecular complexity index is 455. The molecular weight excluding hydrogens is 274 g/mol. The second-order valence-corrected chi connectivity index (χ2v) is 6.24. The highest BCUT2D eigenvalue weighted by Crippen LogP contribution is 2.25. The van der Waals surface area contributed by atoms with Gasteiger partial charge in [0.05, 0.1) is 5.54 Å². The van der Waals surface area contributed by atoms with E-state index in [-0.39, 0.29) is 5.91 Å². The topological polar surface area (TPSA) is 58.4 Å². The molecule has 3 N–H and O–H groups in total. The van der Waals surface area contributed by atoms with Crippen LogP contribution >= 0.6 is 0 Å². The molecular formula is C18H29N3O. The van der Waals surface area contributed by atoms with Crippen LogP contribution in [0, 0.1) is 0 Å². The van der Waals surface area contributed by atoms with E-state index in [4.69, 9.17) is 5.73 Å². The zero-order valence-corrected chi connectivity index (χ0v) is 13.7. The molecule has 122 valence electrons. The standard InChI is InChI=1S/C18H29N3O/c1-2-21(16-10-5-3-6-11-16)15-9-14-20-17(22)18(19)12-7-4-8-13-18/h3,5-6,10-11H,2,4,7-9,12-15,19H2,1H3,(H,20,22). The summed E-state index contributed by atoms with van der Waals surface area (Å²) >= 11 is 0. The lowest BCUT2D eigenvalue weighted by atomic mass is 9.82. The molecule has 0 aromatic heterocycles. The number of carbonyl (C=O) groups excluding carboxylic acids is 1. The highest BCUT2D eigenvalue weighted by molar-refractivity contribution is 5.86. The number of nitrogens with zero attached hydrogens (tertiary/aromatic N) is 1. The highest BCUT2D eigenvalue weighted by atomic mass is 16.2. The molecule has 0 atom stereocenters. The van der Waals surface area contributed by atoms with Crippen molar-refractivity contribution < 1.29 is 4.79 Å². The lowest BCUT2D eigenvalue weighted by Gasteiger charge is -2.32. The van der Waals surface area contributed by atoms with Crippen LogP contribution in [0.25, 0.3) is 0 Å². The minimum atomic E-state index is -0.623. The lowest BCUT2D eigenvalue weighted by molar-refractivity contribution is -0.127. The van der Waals surface area contributed by atoms with E-state index in [2.05, 4.69) is 41.4 Å². The van der Waals surface area contributed by atoms with Crippen molar-refractivity contribution in [1.29, 1.82) is 0 Å². The second-order valence-electron chi connectivity index (χ2n) is 6.24. The van der Waals surface area contributed by atoms with Crippen LogP contribution in [0.3, 0.4) is 0 Å². The maximum atomic E-state index is 12.3. The Morgan fingerprint density at radius 1 is 1.23 bits per heavy atom. The number of amides is 1. The van der Waals surface area contributed by atoms with Gasteiger partial charge in [0.1, 0.15) is 0 Å². The van der Waals surface area contributed by atoms with Gasteiger partial charge in [-0.2, -0.15) is 0 Å². The molecule has 1 aliphatic rings. The molecule has 1 aromatic rings. The molecule has 0 heterocycles. The maximum absolute atomic E-state index is 12.3. The minimum Gasteiger partial charge on any atom is -0.372 e. The van der Waals surface area contributed by atoms with E-state index in [1.807, 2.05) is 6.07 Å². The number of hydrogen-bond donors (Lipinski definition) is 2. The molecule has 1 aromatic carbocycles. The normalized spacial score (nSPS) is 17.0. The molecule has 4 heteroatoms. The van der Waals surface area contributed by atoms with Crippen LogP contribution in [0.15, 0.2) is 30.3 Å².